The Hall–Kier alpha value is -1.79. The van der Waals surface area contributed by atoms with Crippen molar-refractivity contribution in [2.45, 2.75) is 62.6 Å². The summed E-state index contributed by atoms with van der Waals surface area (Å²) in [6, 6.07) is 1.56. The largest absolute Gasteiger partial charge is 0.484 e. The van der Waals surface area contributed by atoms with E-state index in [1.807, 2.05) is 0 Å². The molecule has 1 spiro atoms. The molecule has 2 saturated carbocycles. The van der Waals surface area contributed by atoms with Crippen molar-refractivity contribution in [1.82, 2.24) is 4.98 Å². The summed E-state index contributed by atoms with van der Waals surface area (Å²) < 4.78 is 48.4. The van der Waals surface area contributed by atoms with Gasteiger partial charge in [0.25, 0.3) is 0 Å². The Labute approximate surface area is 144 Å². The van der Waals surface area contributed by atoms with E-state index in [9.17, 15) is 13.2 Å². The summed E-state index contributed by atoms with van der Waals surface area (Å²) in [6.45, 7) is -0.763. The van der Waals surface area contributed by atoms with Gasteiger partial charge >= 0.3 is 6.18 Å². The van der Waals surface area contributed by atoms with Crippen molar-refractivity contribution in [3.63, 3.8) is 0 Å². The number of pyridine rings is 1. The number of aromatic nitrogens is 1. The minimum absolute atomic E-state index is 0.169. The Morgan fingerprint density at radius 1 is 1.20 bits per heavy atom. The van der Waals surface area contributed by atoms with E-state index in [2.05, 4.69) is 4.98 Å². The van der Waals surface area contributed by atoms with Crippen LogP contribution in [0.4, 0.5) is 13.2 Å². The van der Waals surface area contributed by atoms with Gasteiger partial charge in [-0.25, -0.2) is 4.99 Å². The molecule has 1 aliphatic heterocycles. The van der Waals surface area contributed by atoms with E-state index >= 15 is 0 Å². The quantitative estimate of drug-likeness (QED) is 0.806. The number of ether oxygens (including phenoxy) is 2. The highest BCUT2D eigenvalue weighted by Gasteiger charge is 2.39. The summed E-state index contributed by atoms with van der Waals surface area (Å²) in [4.78, 5) is 9.13. The molecule has 2 heterocycles. The van der Waals surface area contributed by atoms with Crippen molar-refractivity contribution in [3.8, 4) is 5.75 Å². The zero-order valence-electron chi connectivity index (χ0n) is 13.9. The molecule has 0 N–H and O–H groups in total. The van der Waals surface area contributed by atoms with Gasteiger partial charge < -0.3 is 9.47 Å². The van der Waals surface area contributed by atoms with Crippen LogP contribution in [0, 0.1) is 0 Å². The lowest BCUT2D eigenvalue weighted by molar-refractivity contribution is -0.153. The van der Waals surface area contributed by atoms with Gasteiger partial charge in [0, 0.05) is 17.8 Å². The molecule has 1 aromatic rings. The smallest absolute Gasteiger partial charge is 0.422 e. The second-order valence-electron chi connectivity index (χ2n) is 7.28. The molecule has 0 amide bonds. The molecule has 0 radical (unpaired) electrons. The molecule has 0 bridgehead atoms. The van der Waals surface area contributed by atoms with Crippen LogP contribution >= 0.6 is 0 Å². The van der Waals surface area contributed by atoms with Crippen LogP contribution in [-0.2, 0) is 4.74 Å². The third-order valence-electron chi connectivity index (χ3n) is 5.12. The highest BCUT2D eigenvalue weighted by Crippen LogP contribution is 2.44. The summed E-state index contributed by atoms with van der Waals surface area (Å²) in [6.07, 6.45) is 4.66. The van der Waals surface area contributed by atoms with Gasteiger partial charge in [0.1, 0.15) is 18.1 Å². The van der Waals surface area contributed by atoms with E-state index in [-0.39, 0.29) is 17.2 Å². The van der Waals surface area contributed by atoms with E-state index in [1.54, 1.807) is 12.3 Å². The van der Waals surface area contributed by atoms with Gasteiger partial charge in [-0.1, -0.05) is 19.3 Å². The lowest BCUT2D eigenvalue weighted by Gasteiger charge is -2.27. The number of rotatable bonds is 4. The molecule has 0 saturated heterocycles. The van der Waals surface area contributed by atoms with Crippen LogP contribution in [0.15, 0.2) is 17.3 Å². The van der Waals surface area contributed by atoms with E-state index in [0.717, 1.165) is 44.1 Å². The predicted molar refractivity (Wildman–Crippen MR) is 86.1 cm³/mol. The Bertz CT molecular complexity index is 677. The Balaban J connectivity index is 1.58. The van der Waals surface area contributed by atoms with E-state index in [1.165, 1.54) is 6.42 Å². The number of aliphatic imine (C=N–C) groups is 1. The van der Waals surface area contributed by atoms with E-state index in [0.29, 0.717) is 18.2 Å². The first kappa shape index (κ1) is 16.7. The maximum atomic E-state index is 12.5. The molecule has 136 valence electrons. The summed E-state index contributed by atoms with van der Waals surface area (Å²) >= 11 is 0. The van der Waals surface area contributed by atoms with Gasteiger partial charge in [-0.2, -0.15) is 13.2 Å². The normalized spacial score (nSPS) is 22.6. The fraction of sp³-hybridized carbons (Fsp3) is 0.667. The second kappa shape index (κ2) is 6.18. The fourth-order valence-electron chi connectivity index (χ4n) is 3.63. The van der Waals surface area contributed by atoms with Crippen LogP contribution in [0.25, 0.3) is 0 Å². The average molecular weight is 354 g/mol. The third kappa shape index (κ3) is 3.75. The molecule has 1 aromatic heterocycles. The maximum absolute atomic E-state index is 12.5. The number of hydrogen-bond donors (Lipinski definition) is 0. The lowest BCUT2D eigenvalue weighted by Crippen LogP contribution is -2.30. The first-order valence-electron chi connectivity index (χ1n) is 8.87. The van der Waals surface area contributed by atoms with Crippen LogP contribution < -0.4 is 4.74 Å². The molecular weight excluding hydrogens is 333 g/mol. The Morgan fingerprint density at radius 2 is 1.96 bits per heavy atom. The van der Waals surface area contributed by atoms with Crippen LogP contribution in [0.3, 0.4) is 0 Å². The Morgan fingerprint density at radius 3 is 2.64 bits per heavy atom. The van der Waals surface area contributed by atoms with Crippen molar-refractivity contribution in [3.05, 3.63) is 23.5 Å². The highest BCUT2D eigenvalue weighted by atomic mass is 19.4. The molecule has 0 atom stereocenters. The first-order valence-corrected chi connectivity index (χ1v) is 8.87. The molecule has 2 fully saturated rings. The number of alkyl halides is 3. The number of nitrogens with zero attached hydrogens (tertiary/aromatic N) is 2. The zero-order valence-corrected chi connectivity index (χ0v) is 13.9. The van der Waals surface area contributed by atoms with Crippen LogP contribution in [-0.4, -0.2) is 35.8 Å². The summed E-state index contributed by atoms with van der Waals surface area (Å²) in [5.74, 6) is 0.933. The minimum atomic E-state index is -4.36. The van der Waals surface area contributed by atoms with Gasteiger partial charge in [0.05, 0.1) is 5.54 Å². The molecule has 4 nitrogen and oxygen atoms in total. The van der Waals surface area contributed by atoms with Crippen molar-refractivity contribution in [2.24, 2.45) is 4.99 Å². The average Bonchev–Trinajstić information content (AvgIpc) is 3.35. The zero-order chi connectivity index (χ0) is 17.5. The van der Waals surface area contributed by atoms with Crippen LogP contribution in [0.5, 0.6) is 5.75 Å². The third-order valence-corrected chi connectivity index (χ3v) is 5.12. The van der Waals surface area contributed by atoms with Gasteiger partial charge in [-0.05, 0) is 31.6 Å². The molecule has 25 heavy (non-hydrogen) atoms. The van der Waals surface area contributed by atoms with Gasteiger partial charge in [-0.3, -0.25) is 4.98 Å². The molecule has 0 unspecified atom stereocenters. The molecular formula is C18H21F3N2O2. The topological polar surface area (TPSA) is 43.7 Å². The fourth-order valence-corrected chi connectivity index (χ4v) is 3.63. The number of halogens is 3. The van der Waals surface area contributed by atoms with Crippen LogP contribution in [0.2, 0.25) is 0 Å². The first-order chi connectivity index (χ1) is 11.9. The van der Waals surface area contributed by atoms with Gasteiger partial charge in [0.15, 0.2) is 6.61 Å². The molecule has 4 rings (SSSR count). The summed E-state index contributed by atoms with van der Waals surface area (Å²) in [5.41, 5.74) is 1.04. The molecule has 7 heteroatoms. The molecule has 0 aromatic carbocycles. The van der Waals surface area contributed by atoms with Crippen molar-refractivity contribution >= 4 is 5.90 Å². The minimum Gasteiger partial charge on any atom is -0.484 e. The highest BCUT2D eigenvalue weighted by molar-refractivity contribution is 5.94. The predicted octanol–water partition coefficient (Wildman–Crippen LogP) is 4.38. The second-order valence-corrected chi connectivity index (χ2v) is 7.28. The van der Waals surface area contributed by atoms with E-state index in [4.69, 9.17) is 14.5 Å². The molecule has 3 aliphatic rings. The van der Waals surface area contributed by atoms with Gasteiger partial charge in [-0.15, -0.1) is 0 Å². The maximum Gasteiger partial charge on any atom is 0.422 e. The lowest BCUT2D eigenvalue weighted by atomic mass is 9.83. The van der Waals surface area contributed by atoms with E-state index < -0.39 is 12.8 Å². The summed E-state index contributed by atoms with van der Waals surface area (Å²) in [5, 5.41) is 0. The monoisotopic (exact) mass is 354 g/mol. The van der Waals surface area contributed by atoms with Crippen molar-refractivity contribution < 1.29 is 22.6 Å². The number of hydrogen-bond acceptors (Lipinski definition) is 4. The van der Waals surface area contributed by atoms with Gasteiger partial charge in [0.2, 0.25) is 5.90 Å². The van der Waals surface area contributed by atoms with Crippen molar-refractivity contribution in [1.29, 1.82) is 0 Å². The van der Waals surface area contributed by atoms with Crippen LogP contribution in [0.1, 0.15) is 62.1 Å². The Kier molecular flexibility index (Phi) is 4.12. The SMILES string of the molecule is FC(F)(F)COc1cc(C2=NC3(CCCCC3)CO2)ncc1C1CC1. The standard InChI is InChI=1S/C18H21F3N2O2/c19-18(20,21)11-24-15-8-14(22-9-13(15)12-4-5-12)16-23-17(10-25-16)6-2-1-3-7-17/h8-9,12H,1-7,10-11H2. The summed E-state index contributed by atoms with van der Waals surface area (Å²) in [7, 11) is 0. The van der Waals surface area contributed by atoms with Crippen molar-refractivity contribution in [2.75, 3.05) is 13.2 Å². The molecule has 2 aliphatic carbocycles.